The van der Waals surface area contributed by atoms with Crippen LogP contribution in [-0.2, 0) is 9.53 Å². The summed E-state index contributed by atoms with van der Waals surface area (Å²) in [6.07, 6.45) is 4.02. The van der Waals surface area contributed by atoms with Crippen molar-refractivity contribution in [3.63, 3.8) is 0 Å². The molecular weight excluding hydrogens is 226 g/mol. The number of hydrogen-bond donors (Lipinski definition) is 0. The summed E-state index contributed by atoms with van der Waals surface area (Å²) in [6, 6.07) is 10.1. The van der Waals surface area contributed by atoms with Crippen LogP contribution in [-0.4, -0.2) is 18.1 Å². The maximum atomic E-state index is 11.9. The molecule has 2 aromatic rings. The first-order valence-electron chi connectivity index (χ1n) is 6.22. The lowest BCUT2D eigenvalue weighted by molar-refractivity contribution is -0.143. The molecule has 0 amide bonds. The smallest absolute Gasteiger partial charge is 0.315 e. The highest BCUT2D eigenvalue weighted by molar-refractivity contribution is 5.84. The van der Waals surface area contributed by atoms with Gasteiger partial charge in [-0.05, 0) is 30.2 Å². The number of rotatable bonds is 3. The number of carbonyl (C=O) groups excluding carboxylic acids is 1. The minimum atomic E-state index is -0.195. The third-order valence-corrected chi connectivity index (χ3v) is 3.52. The van der Waals surface area contributed by atoms with Gasteiger partial charge in [0.2, 0.25) is 0 Å². The van der Waals surface area contributed by atoms with E-state index in [0.717, 1.165) is 29.3 Å². The number of methoxy groups -OCH3 is 1. The average Bonchev–Trinajstić information content (AvgIpc) is 3.23. The van der Waals surface area contributed by atoms with Crippen molar-refractivity contribution >= 4 is 16.7 Å². The van der Waals surface area contributed by atoms with Gasteiger partial charge in [0.1, 0.15) is 5.92 Å². The Bertz CT molecular complexity index is 590. The minimum Gasteiger partial charge on any atom is -0.468 e. The lowest BCUT2D eigenvalue weighted by atomic mass is 9.97. The SMILES string of the molecule is COC(=O)C(c1cc2ccccc2cn1)C1CC1. The summed E-state index contributed by atoms with van der Waals surface area (Å²) in [7, 11) is 1.44. The van der Waals surface area contributed by atoms with Gasteiger partial charge >= 0.3 is 5.97 Å². The van der Waals surface area contributed by atoms with E-state index in [0.29, 0.717) is 5.92 Å². The molecule has 1 unspecified atom stereocenters. The Morgan fingerprint density at radius 2 is 2.06 bits per heavy atom. The summed E-state index contributed by atoms with van der Waals surface area (Å²) in [4.78, 5) is 16.3. The number of nitrogens with zero attached hydrogens (tertiary/aromatic N) is 1. The molecule has 0 spiro atoms. The van der Waals surface area contributed by atoms with Crippen LogP contribution >= 0.6 is 0 Å². The van der Waals surface area contributed by atoms with E-state index in [9.17, 15) is 4.79 Å². The molecule has 3 rings (SSSR count). The number of benzene rings is 1. The van der Waals surface area contributed by atoms with Gasteiger partial charge in [-0.3, -0.25) is 9.78 Å². The summed E-state index contributed by atoms with van der Waals surface area (Å²) in [5.41, 5.74) is 0.836. The van der Waals surface area contributed by atoms with E-state index in [1.807, 2.05) is 36.5 Å². The Balaban J connectivity index is 2.03. The van der Waals surface area contributed by atoms with Crippen LogP contribution in [0.4, 0.5) is 0 Å². The quantitative estimate of drug-likeness (QED) is 0.776. The van der Waals surface area contributed by atoms with Crippen LogP contribution in [0.15, 0.2) is 36.5 Å². The highest BCUT2D eigenvalue weighted by Crippen LogP contribution is 2.43. The number of hydrogen-bond acceptors (Lipinski definition) is 3. The molecule has 1 aromatic heterocycles. The number of pyridine rings is 1. The van der Waals surface area contributed by atoms with E-state index in [4.69, 9.17) is 4.74 Å². The van der Waals surface area contributed by atoms with Crippen molar-refractivity contribution in [2.45, 2.75) is 18.8 Å². The standard InChI is InChI=1S/C15H15NO2/c1-18-15(17)14(10-6-7-10)13-8-11-4-2-3-5-12(11)9-16-13/h2-5,8-10,14H,6-7H2,1H3. The van der Waals surface area contributed by atoms with Crippen molar-refractivity contribution in [3.8, 4) is 0 Å². The molecular formula is C15H15NO2. The van der Waals surface area contributed by atoms with E-state index in [1.165, 1.54) is 7.11 Å². The lowest BCUT2D eigenvalue weighted by Crippen LogP contribution is -2.17. The van der Waals surface area contributed by atoms with Gasteiger partial charge in [0.05, 0.1) is 12.8 Å². The number of ether oxygens (including phenoxy) is 1. The Labute approximate surface area is 106 Å². The van der Waals surface area contributed by atoms with Crippen molar-refractivity contribution in [1.29, 1.82) is 0 Å². The van der Waals surface area contributed by atoms with Crippen LogP contribution in [0.3, 0.4) is 0 Å². The zero-order chi connectivity index (χ0) is 12.5. The first kappa shape index (κ1) is 11.2. The van der Waals surface area contributed by atoms with Gasteiger partial charge < -0.3 is 4.74 Å². The van der Waals surface area contributed by atoms with E-state index in [2.05, 4.69) is 4.98 Å². The largest absolute Gasteiger partial charge is 0.468 e. The molecule has 1 atom stereocenters. The van der Waals surface area contributed by atoms with E-state index in [1.54, 1.807) is 0 Å². The van der Waals surface area contributed by atoms with Crippen molar-refractivity contribution in [3.05, 3.63) is 42.2 Å². The monoisotopic (exact) mass is 241 g/mol. The molecule has 1 heterocycles. The molecule has 0 saturated heterocycles. The summed E-state index contributed by atoms with van der Waals surface area (Å²) in [5, 5.41) is 2.22. The predicted molar refractivity (Wildman–Crippen MR) is 69.2 cm³/mol. The maximum absolute atomic E-state index is 11.9. The van der Waals surface area contributed by atoms with Crippen molar-refractivity contribution in [2.75, 3.05) is 7.11 Å². The summed E-state index contributed by atoms with van der Waals surface area (Å²) in [6.45, 7) is 0. The van der Waals surface area contributed by atoms with Crippen molar-refractivity contribution in [1.82, 2.24) is 4.98 Å². The molecule has 3 heteroatoms. The molecule has 0 radical (unpaired) electrons. The fourth-order valence-corrected chi connectivity index (χ4v) is 2.38. The minimum absolute atomic E-state index is 0.166. The normalized spacial score (nSPS) is 16.5. The molecule has 1 aromatic carbocycles. The van der Waals surface area contributed by atoms with E-state index >= 15 is 0 Å². The molecule has 18 heavy (non-hydrogen) atoms. The van der Waals surface area contributed by atoms with Gasteiger partial charge in [-0.15, -0.1) is 0 Å². The second-order valence-electron chi connectivity index (χ2n) is 4.79. The third-order valence-electron chi connectivity index (χ3n) is 3.52. The number of aromatic nitrogens is 1. The zero-order valence-electron chi connectivity index (χ0n) is 10.3. The highest BCUT2D eigenvalue weighted by atomic mass is 16.5. The molecule has 1 aliphatic carbocycles. The molecule has 92 valence electrons. The molecule has 0 bridgehead atoms. The van der Waals surface area contributed by atoms with Crippen LogP contribution in [0.2, 0.25) is 0 Å². The average molecular weight is 241 g/mol. The van der Waals surface area contributed by atoms with Gasteiger partial charge in [-0.2, -0.15) is 0 Å². The van der Waals surface area contributed by atoms with Crippen LogP contribution in [0.1, 0.15) is 24.5 Å². The van der Waals surface area contributed by atoms with Crippen LogP contribution in [0, 0.1) is 5.92 Å². The lowest BCUT2D eigenvalue weighted by Gasteiger charge is -2.13. The Kier molecular flexibility index (Phi) is 2.74. The first-order valence-corrected chi connectivity index (χ1v) is 6.22. The molecule has 0 aliphatic heterocycles. The van der Waals surface area contributed by atoms with Crippen LogP contribution in [0.5, 0.6) is 0 Å². The Hall–Kier alpha value is -1.90. The van der Waals surface area contributed by atoms with E-state index < -0.39 is 0 Å². The molecule has 1 saturated carbocycles. The third kappa shape index (κ3) is 1.96. The molecule has 1 aliphatic rings. The molecule has 1 fully saturated rings. The second-order valence-corrected chi connectivity index (χ2v) is 4.79. The van der Waals surface area contributed by atoms with Crippen LogP contribution < -0.4 is 0 Å². The van der Waals surface area contributed by atoms with Crippen LogP contribution in [0.25, 0.3) is 10.8 Å². The molecule has 0 N–H and O–H groups in total. The summed E-state index contributed by atoms with van der Waals surface area (Å²) in [5.74, 6) is 0.0472. The van der Waals surface area contributed by atoms with E-state index in [-0.39, 0.29) is 11.9 Å². The zero-order valence-corrected chi connectivity index (χ0v) is 10.3. The fraction of sp³-hybridized carbons (Fsp3) is 0.333. The number of carbonyl (C=O) groups is 1. The van der Waals surface area contributed by atoms with Crippen molar-refractivity contribution in [2.24, 2.45) is 5.92 Å². The van der Waals surface area contributed by atoms with Gasteiger partial charge in [-0.25, -0.2) is 0 Å². The predicted octanol–water partition coefficient (Wildman–Crippen LogP) is 2.90. The maximum Gasteiger partial charge on any atom is 0.315 e. The first-order chi connectivity index (χ1) is 8.79. The number of fused-ring (bicyclic) bond motifs is 1. The number of esters is 1. The van der Waals surface area contributed by atoms with Gasteiger partial charge in [0.15, 0.2) is 0 Å². The van der Waals surface area contributed by atoms with Gasteiger partial charge in [-0.1, -0.05) is 24.3 Å². The van der Waals surface area contributed by atoms with Gasteiger partial charge in [0, 0.05) is 11.6 Å². The Morgan fingerprint density at radius 1 is 1.33 bits per heavy atom. The van der Waals surface area contributed by atoms with Gasteiger partial charge in [0.25, 0.3) is 0 Å². The Morgan fingerprint density at radius 3 is 2.72 bits per heavy atom. The topological polar surface area (TPSA) is 39.2 Å². The second kappa shape index (κ2) is 4.41. The molecule has 3 nitrogen and oxygen atoms in total. The summed E-state index contributed by atoms with van der Waals surface area (Å²) >= 11 is 0. The summed E-state index contributed by atoms with van der Waals surface area (Å²) < 4.78 is 4.90. The fourth-order valence-electron chi connectivity index (χ4n) is 2.38. The van der Waals surface area contributed by atoms with Crippen molar-refractivity contribution < 1.29 is 9.53 Å². The highest BCUT2D eigenvalue weighted by Gasteiger charge is 2.39.